The van der Waals surface area contributed by atoms with Crippen LogP contribution in [0.25, 0.3) is 0 Å². The van der Waals surface area contributed by atoms with Gasteiger partial charge in [-0.25, -0.2) is 0 Å². The van der Waals surface area contributed by atoms with Gasteiger partial charge in [0.2, 0.25) is 0 Å². The van der Waals surface area contributed by atoms with E-state index in [0.717, 1.165) is 64.2 Å². The number of aliphatic hydroxyl groups excluding tert-OH is 18. The average molecular weight is 1550 g/mol. The zero-order valence-electron chi connectivity index (χ0n) is 67.1. The van der Waals surface area contributed by atoms with E-state index < -0.39 is 66.5 Å². The Morgan fingerprint density at radius 3 is 0.292 bits per heavy atom. The lowest BCUT2D eigenvalue weighted by atomic mass is 10.1. The van der Waals surface area contributed by atoms with Crippen LogP contribution in [0.1, 0.15) is 356 Å². The summed E-state index contributed by atoms with van der Waals surface area (Å²) in [6.07, 6.45) is 51.7. The van der Waals surface area contributed by atoms with Crippen LogP contribution in [0.15, 0.2) is 0 Å². The third kappa shape index (κ3) is 175. The van der Waals surface area contributed by atoms with Crippen molar-refractivity contribution in [2.24, 2.45) is 0 Å². The highest BCUT2D eigenvalue weighted by Gasteiger charge is 2.03. The average Bonchev–Trinajstić information content (AvgIpc) is 2.87. The van der Waals surface area contributed by atoms with Crippen molar-refractivity contribution in [3.8, 4) is 0 Å². The van der Waals surface area contributed by atoms with Gasteiger partial charge in [-0.2, -0.15) is 0 Å². The second kappa shape index (κ2) is 123. The summed E-state index contributed by atoms with van der Waals surface area (Å²) in [5.74, 6) is -3.30. The highest BCUT2D eigenvalue weighted by Crippen LogP contribution is 2.15. The van der Waals surface area contributed by atoms with Crippen molar-refractivity contribution in [3.05, 3.63) is 0 Å². The lowest BCUT2D eigenvalue weighted by Crippen LogP contribution is -2.15. The zero-order chi connectivity index (χ0) is 83.2. The molecule has 0 unspecified atom stereocenters. The van der Waals surface area contributed by atoms with Crippen LogP contribution < -0.4 is 0 Å². The van der Waals surface area contributed by atoms with Crippen LogP contribution in [-0.4, -0.2) is 263 Å². The fourth-order valence-electron chi connectivity index (χ4n) is 8.28. The maximum Gasteiger partial charge on any atom is 0.303 e. The van der Waals surface area contributed by atoms with E-state index in [4.69, 9.17) is 117 Å². The third-order valence-electron chi connectivity index (χ3n) is 15.0. The van der Waals surface area contributed by atoms with E-state index in [9.17, 15) is 24.0 Å². The molecule has 0 aliphatic carbocycles. The Balaban J connectivity index is -0.000000106. The maximum atomic E-state index is 10.2. The van der Waals surface area contributed by atoms with Crippen molar-refractivity contribution in [2.45, 2.75) is 392 Å². The van der Waals surface area contributed by atoms with Gasteiger partial charge < -0.3 is 117 Å². The number of hydrogen-bond acceptors (Lipinski definition) is 23. The van der Waals surface area contributed by atoms with E-state index in [2.05, 4.69) is 34.6 Å². The summed E-state index contributed by atoms with van der Waals surface area (Å²) >= 11 is 0. The number of hydrogen-bond donors (Lipinski definition) is 23. The van der Waals surface area contributed by atoms with Crippen LogP contribution in [0, 0.1) is 0 Å². The molecule has 28 nitrogen and oxygen atoms in total. The second-order valence-corrected chi connectivity index (χ2v) is 26.0. The molecule has 0 amide bonds. The molecule has 106 heavy (non-hydrogen) atoms. The molecular weight excluding hydrogens is 1380 g/mol. The summed E-state index contributed by atoms with van der Waals surface area (Å²) in [4.78, 5) is 51.0. The predicted molar refractivity (Wildman–Crippen MR) is 418 cm³/mol. The Morgan fingerprint density at radius 1 is 0.160 bits per heavy atom. The third-order valence-corrected chi connectivity index (χ3v) is 15.0. The topological polar surface area (TPSA) is 551 Å². The quantitative estimate of drug-likeness (QED) is 0.0252. The second-order valence-electron chi connectivity index (χ2n) is 26.0. The van der Waals surface area contributed by atoms with Gasteiger partial charge in [0.1, 0.15) is 36.6 Å². The first-order valence-corrected chi connectivity index (χ1v) is 40.2. The van der Waals surface area contributed by atoms with Gasteiger partial charge in [-0.3, -0.25) is 24.0 Å². The van der Waals surface area contributed by atoms with Crippen LogP contribution in [0.5, 0.6) is 0 Å². The summed E-state index contributed by atoms with van der Waals surface area (Å²) in [6.45, 7) is 6.77. The largest absolute Gasteiger partial charge is 0.481 e. The Bertz CT molecular complexity index is 1270. The monoisotopic (exact) mass is 1550 g/mol. The Morgan fingerprint density at radius 2 is 0.236 bits per heavy atom. The highest BCUT2D eigenvalue weighted by molar-refractivity contribution is 5.67. The summed E-state index contributed by atoms with van der Waals surface area (Å²) in [5.41, 5.74) is 0. The Kier molecular flexibility index (Phi) is 146. The van der Waals surface area contributed by atoms with Crippen molar-refractivity contribution < 1.29 is 141 Å². The molecule has 0 aromatic rings. The molecular formula is C78H168O28. The SMILES string of the molecule is CCCCCCCCCCCC(=O)O.CCCCCCCCCCCC(=O)O.CCCCCCCCCCCC(=O)O.CCCCCCCCCCCC(=O)O.CCCCCCCCCCCC(=O)O.OCC(O)CO.OCC(O)CO.OCC(O)CO.OCC(O)CO.OCC(O)CO.OCC(O)CO. The number of carbonyl (C=O) groups is 5. The van der Waals surface area contributed by atoms with Gasteiger partial charge in [-0.1, -0.05) is 291 Å². The van der Waals surface area contributed by atoms with Crippen molar-refractivity contribution >= 4 is 29.8 Å². The molecule has 0 aromatic heterocycles. The van der Waals surface area contributed by atoms with Crippen molar-refractivity contribution in [2.75, 3.05) is 79.3 Å². The standard InChI is InChI=1S/5C12H24O2.6C3H8O3/c5*1-2-3-4-5-6-7-8-9-10-11-12(13)14;6*4-1-3(6)2-5/h5*2-11H2,1H3,(H,13,14);6*3-6H,1-2H2. The number of carboxylic acids is 5. The van der Waals surface area contributed by atoms with E-state index in [-0.39, 0.29) is 79.3 Å². The molecule has 0 aromatic carbocycles. The molecule has 0 radical (unpaired) electrons. The molecule has 0 atom stereocenters. The van der Waals surface area contributed by atoms with Gasteiger partial charge >= 0.3 is 29.8 Å². The summed E-state index contributed by atoms with van der Waals surface area (Å²) < 4.78 is 0. The molecule has 0 spiro atoms. The minimum Gasteiger partial charge on any atom is -0.481 e. The Labute approximate surface area is 640 Å². The maximum absolute atomic E-state index is 10.2. The number of aliphatic hydroxyl groups is 18. The lowest BCUT2D eigenvalue weighted by molar-refractivity contribution is -0.138. The van der Waals surface area contributed by atoms with Crippen LogP contribution in [0.2, 0.25) is 0 Å². The number of rotatable bonds is 62. The minimum absolute atomic E-state index is 0.343. The smallest absolute Gasteiger partial charge is 0.303 e. The van der Waals surface area contributed by atoms with Crippen LogP contribution >= 0.6 is 0 Å². The van der Waals surface area contributed by atoms with Gasteiger partial charge in [0.25, 0.3) is 0 Å². The first kappa shape index (κ1) is 126. The number of aliphatic carboxylic acids is 5. The van der Waals surface area contributed by atoms with Crippen LogP contribution in [0.3, 0.4) is 0 Å². The molecule has 0 fully saturated rings. The molecule has 0 heterocycles. The van der Waals surface area contributed by atoms with Crippen LogP contribution in [-0.2, 0) is 24.0 Å². The lowest BCUT2D eigenvalue weighted by Gasteiger charge is -2.00. The Hall–Kier alpha value is -3.37. The molecule has 0 rings (SSSR count). The summed E-state index contributed by atoms with van der Waals surface area (Å²) in [6, 6.07) is 0. The fourth-order valence-corrected chi connectivity index (χ4v) is 8.28. The highest BCUT2D eigenvalue weighted by atomic mass is 16.4. The normalized spacial score (nSPS) is 10.2. The number of unbranched alkanes of at least 4 members (excludes halogenated alkanes) is 40. The summed E-state index contributed by atoms with van der Waals surface area (Å²) in [7, 11) is 0. The molecule has 0 bridgehead atoms. The first-order valence-electron chi connectivity index (χ1n) is 40.2. The van der Waals surface area contributed by atoms with Gasteiger partial charge in [-0.15, -0.1) is 0 Å². The van der Waals surface area contributed by atoms with Crippen molar-refractivity contribution in [3.63, 3.8) is 0 Å². The van der Waals surface area contributed by atoms with E-state index >= 15 is 0 Å². The van der Waals surface area contributed by atoms with Gasteiger partial charge in [0.15, 0.2) is 0 Å². The molecule has 648 valence electrons. The van der Waals surface area contributed by atoms with Crippen molar-refractivity contribution in [1.29, 1.82) is 0 Å². The van der Waals surface area contributed by atoms with E-state index in [1.54, 1.807) is 0 Å². The van der Waals surface area contributed by atoms with Gasteiger partial charge in [0, 0.05) is 32.1 Å². The minimum atomic E-state index is -0.954. The van der Waals surface area contributed by atoms with Gasteiger partial charge in [0.05, 0.1) is 79.3 Å². The van der Waals surface area contributed by atoms with Gasteiger partial charge in [-0.05, 0) is 32.1 Å². The summed E-state index contributed by atoms with van der Waals surface area (Å²) in [5, 5.41) is 186. The fraction of sp³-hybridized carbons (Fsp3) is 0.936. The molecule has 0 saturated heterocycles. The molecule has 23 N–H and O–H groups in total. The molecule has 0 aliphatic heterocycles. The zero-order valence-corrected chi connectivity index (χ0v) is 67.1. The van der Waals surface area contributed by atoms with E-state index in [1.807, 2.05) is 0 Å². The van der Waals surface area contributed by atoms with Crippen molar-refractivity contribution in [1.82, 2.24) is 0 Å². The molecule has 0 saturated carbocycles. The molecule has 0 aliphatic rings. The van der Waals surface area contributed by atoms with E-state index in [0.29, 0.717) is 32.1 Å². The van der Waals surface area contributed by atoms with Crippen LogP contribution in [0.4, 0.5) is 0 Å². The van der Waals surface area contributed by atoms with E-state index in [1.165, 1.54) is 225 Å². The number of carboxylic acid groups (broad SMARTS) is 5. The molecule has 28 heteroatoms. The first-order chi connectivity index (χ1) is 50.7. The predicted octanol–water partition coefficient (Wildman–Crippen LogP) is 9.95.